The first-order valence-corrected chi connectivity index (χ1v) is 8.92. The van der Waals surface area contributed by atoms with Gasteiger partial charge in [0.05, 0.1) is 18.7 Å². The first kappa shape index (κ1) is 18.3. The third-order valence-corrected chi connectivity index (χ3v) is 4.90. The summed E-state index contributed by atoms with van der Waals surface area (Å²) in [4.78, 5) is 14.8. The maximum absolute atomic E-state index is 10.6. The molecule has 0 amide bonds. The summed E-state index contributed by atoms with van der Waals surface area (Å²) in [6.07, 6.45) is 1.05. The molecule has 6 heteroatoms. The van der Waals surface area contributed by atoms with Gasteiger partial charge in [-0.05, 0) is 29.5 Å². The first-order chi connectivity index (χ1) is 11.4. The van der Waals surface area contributed by atoms with Crippen LogP contribution in [0.4, 0.5) is 5.13 Å². The van der Waals surface area contributed by atoms with E-state index in [1.807, 2.05) is 12.1 Å². The minimum atomic E-state index is -0.870. The quantitative estimate of drug-likeness (QED) is 0.672. The number of nitrogens with zero attached hydrogens (tertiary/aromatic N) is 1. The predicted molar refractivity (Wildman–Crippen MR) is 97.2 cm³/mol. The summed E-state index contributed by atoms with van der Waals surface area (Å²) in [7, 11) is 0. The number of carboxylic acids is 1. The van der Waals surface area contributed by atoms with Gasteiger partial charge >= 0.3 is 5.97 Å². The Morgan fingerprint density at radius 3 is 2.67 bits per heavy atom. The molecular formula is C18H24N2O3S. The monoisotopic (exact) mass is 348 g/mol. The van der Waals surface area contributed by atoms with Crippen molar-refractivity contribution >= 4 is 22.4 Å². The number of nitrogens with one attached hydrogen (secondary N) is 1. The molecule has 0 unspecified atom stereocenters. The number of aromatic nitrogens is 1. The molecule has 130 valence electrons. The fourth-order valence-corrected chi connectivity index (χ4v) is 2.90. The van der Waals surface area contributed by atoms with Gasteiger partial charge in [0.2, 0.25) is 0 Å². The second kappa shape index (κ2) is 8.15. The van der Waals surface area contributed by atoms with Crippen LogP contribution in [0.5, 0.6) is 5.75 Å². The van der Waals surface area contributed by atoms with Crippen molar-refractivity contribution in [3.8, 4) is 5.75 Å². The summed E-state index contributed by atoms with van der Waals surface area (Å²) in [5, 5.41) is 14.3. The van der Waals surface area contributed by atoms with Crippen molar-refractivity contribution in [2.45, 2.75) is 39.0 Å². The zero-order valence-electron chi connectivity index (χ0n) is 14.3. The van der Waals surface area contributed by atoms with E-state index in [1.165, 1.54) is 16.9 Å². The molecule has 1 heterocycles. The summed E-state index contributed by atoms with van der Waals surface area (Å²) in [6, 6.07) is 8.23. The second-order valence-electron chi connectivity index (χ2n) is 6.25. The molecule has 0 saturated heterocycles. The fraction of sp³-hybridized carbons (Fsp3) is 0.444. The molecule has 0 aliphatic carbocycles. The average molecular weight is 348 g/mol. The van der Waals surface area contributed by atoms with Crippen molar-refractivity contribution in [1.29, 1.82) is 0 Å². The lowest BCUT2D eigenvalue weighted by Gasteiger charge is -2.23. The van der Waals surface area contributed by atoms with E-state index < -0.39 is 5.97 Å². The second-order valence-corrected chi connectivity index (χ2v) is 7.11. The summed E-state index contributed by atoms with van der Waals surface area (Å²) < 4.78 is 5.72. The number of carbonyl (C=O) groups is 1. The van der Waals surface area contributed by atoms with Crippen LogP contribution in [0.25, 0.3) is 0 Å². The van der Waals surface area contributed by atoms with Crippen molar-refractivity contribution < 1.29 is 14.6 Å². The molecule has 2 N–H and O–H groups in total. The highest BCUT2D eigenvalue weighted by Crippen LogP contribution is 2.28. The first-order valence-electron chi connectivity index (χ1n) is 8.04. The largest absolute Gasteiger partial charge is 0.492 e. The van der Waals surface area contributed by atoms with Crippen LogP contribution in [-0.4, -0.2) is 29.2 Å². The number of ether oxygens (including phenoxy) is 1. The molecule has 0 aliphatic rings. The SMILES string of the molecule is CCC(C)(C)c1ccc(OCCNc2nc(CC(=O)O)cs2)cc1. The summed E-state index contributed by atoms with van der Waals surface area (Å²) >= 11 is 1.40. The Hall–Kier alpha value is -2.08. The Labute approximate surface area is 146 Å². The van der Waals surface area contributed by atoms with Gasteiger partial charge < -0.3 is 15.2 Å². The van der Waals surface area contributed by atoms with Crippen LogP contribution < -0.4 is 10.1 Å². The molecule has 0 bridgehead atoms. The summed E-state index contributed by atoms with van der Waals surface area (Å²) in [5.74, 6) is -0.0250. The molecule has 0 radical (unpaired) electrons. The maximum atomic E-state index is 10.6. The highest BCUT2D eigenvalue weighted by molar-refractivity contribution is 7.13. The van der Waals surface area contributed by atoms with Gasteiger partial charge in [-0.1, -0.05) is 32.9 Å². The Kier molecular flexibility index (Phi) is 6.20. The minimum Gasteiger partial charge on any atom is -0.492 e. The van der Waals surface area contributed by atoms with Gasteiger partial charge in [0, 0.05) is 5.38 Å². The zero-order chi connectivity index (χ0) is 17.6. The molecule has 0 spiro atoms. The molecular weight excluding hydrogens is 324 g/mol. The lowest BCUT2D eigenvalue weighted by atomic mass is 9.82. The van der Waals surface area contributed by atoms with Crippen molar-refractivity contribution in [2.75, 3.05) is 18.5 Å². The Balaban J connectivity index is 1.76. The lowest BCUT2D eigenvalue weighted by molar-refractivity contribution is -0.136. The number of rotatable bonds is 9. The number of aliphatic carboxylic acids is 1. The standard InChI is InChI=1S/C18H24N2O3S/c1-4-18(2,3)13-5-7-15(8-6-13)23-10-9-19-17-20-14(12-24-17)11-16(21)22/h5-8,12H,4,9-11H2,1-3H3,(H,19,20)(H,21,22). The van der Waals surface area contributed by atoms with E-state index in [9.17, 15) is 4.79 Å². The van der Waals surface area contributed by atoms with Crippen LogP contribution in [-0.2, 0) is 16.6 Å². The van der Waals surface area contributed by atoms with Crippen molar-refractivity contribution in [1.82, 2.24) is 4.98 Å². The van der Waals surface area contributed by atoms with Gasteiger partial charge in [0.25, 0.3) is 0 Å². The molecule has 2 aromatic rings. The molecule has 2 rings (SSSR count). The van der Waals surface area contributed by atoms with Gasteiger partial charge in [-0.25, -0.2) is 4.98 Å². The highest BCUT2D eigenvalue weighted by Gasteiger charge is 2.17. The van der Waals surface area contributed by atoms with Gasteiger partial charge in [0.15, 0.2) is 5.13 Å². The van der Waals surface area contributed by atoms with Crippen LogP contribution in [0.1, 0.15) is 38.4 Å². The molecule has 0 saturated carbocycles. The molecule has 1 aromatic heterocycles. The van der Waals surface area contributed by atoms with Crippen LogP contribution in [0.3, 0.4) is 0 Å². The highest BCUT2D eigenvalue weighted by atomic mass is 32.1. The third-order valence-electron chi connectivity index (χ3n) is 4.05. The van der Waals surface area contributed by atoms with Crippen molar-refractivity contribution in [3.05, 3.63) is 40.9 Å². The van der Waals surface area contributed by atoms with Crippen LogP contribution in [0, 0.1) is 0 Å². The topological polar surface area (TPSA) is 71.5 Å². The Bertz CT molecular complexity index is 665. The molecule has 0 fully saturated rings. The van der Waals surface area contributed by atoms with E-state index in [4.69, 9.17) is 9.84 Å². The Morgan fingerprint density at radius 2 is 2.04 bits per heavy atom. The molecule has 1 aromatic carbocycles. The molecule has 0 atom stereocenters. The number of thiazole rings is 1. The van der Waals surface area contributed by atoms with Gasteiger partial charge in [-0.3, -0.25) is 4.79 Å². The third kappa shape index (κ3) is 5.23. The van der Waals surface area contributed by atoms with E-state index in [1.54, 1.807) is 5.38 Å². The van der Waals surface area contributed by atoms with Gasteiger partial charge in [-0.2, -0.15) is 0 Å². The van der Waals surface area contributed by atoms with Gasteiger partial charge in [0.1, 0.15) is 12.4 Å². The number of hydrogen-bond acceptors (Lipinski definition) is 5. The van der Waals surface area contributed by atoms with E-state index in [0.717, 1.165) is 17.3 Å². The maximum Gasteiger partial charge on any atom is 0.309 e. The molecule has 24 heavy (non-hydrogen) atoms. The molecule has 5 nitrogen and oxygen atoms in total. The average Bonchev–Trinajstić information content (AvgIpc) is 2.98. The van der Waals surface area contributed by atoms with E-state index in [2.05, 4.69) is 43.2 Å². The van der Waals surface area contributed by atoms with E-state index in [-0.39, 0.29) is 11.8 Å². The number of carboxylic acid groups (broad SMARTS) is 1. The molecule has 0 aliphatic heterocycles. The normalized spacial score (nSPS) is 11.3. The number of anilines is 1. The van der Waals surface area contributed by atoms with Gasteiger partial charge in [-0.15, -0.1) is 11.3 Å². The van der Waals surface area contributed by atoms with Crippen LogP contribution in [0.2, 0.25) is 0 Å². The fourth-order valence-electron chi connectivity index (χ4n) is 2.16. The zero-order valence-corrected chi connectivity index (χ0v) is 15.2. The van der Waals surface area contributed by atoms with Crippen LogP contribution in [0.15, 0.2) is 29.6 Å². The van der Waals surface area contributed by atoms with Crippen molar-refractivity contribution in [3.63, 3.8) is 0 Å². The summed E-state index contributed by atoms with van der Waals surface area (Å²) in [6.45, 7) is 7.79. The lowest BCUT2D eigenvalue weighted by Crippen LogP contribution is -2.15. The van der Waals surface area contributed by atoms with E-state index >= 15 is 0 Å². The summed E-state index contributed by atoms with van der Waals surface area (Å²) in [5.41, 5.74) is 2.06. The predicted octanol–water partition coefficient (Wildman–Crippen LogP) is 3.95. The van der Waals surface area contributed by atoms with Crippen LogP contribution >= 0.6 is 11.3 Å². The number of hydrogen-bond donors (Lipinski definition) is 2. The Morgan fingerprint density at radius 1 is 1.33 bits per heavy atom. The minimum absolute atomic E-state index is 0.0465. The van der Waals surface area contributed by atoms with E-state index in [0.29, 0.717) is 18.8 Å². The smallest absolute Gasteiger partial charge is 0.309 e. The number of benzene rings is 1. The van der Waals surface area contributed by atoms with Crippen molar-refractivity contribution in [2.24, 2.45) is 0 Å².